The van der Waals surface area contributed by atoms with E-state index in [0.717, 1.165) is 23.4 Å². The summed E-state index contributed by atoms with van der Waals surface area (Å²) in [5, 5.41) is 5.42. The smallest absolute Gasteiger partial charge is 0.261 e. The first-order chi connectivity index (χ1) is 15.3. The van der Waals surface area contributed by atoms with Crippen molar-refractivity contribution in [1.82, 2.24) is 14.7 Å². The summed E-state index contributed by atoms with van der Waals surface area (Å²) in [6.45, 7) is 3.95. The zero-order valence-corrected chi connectivity index (χ0v) is 19.6. The van der Waals surface area contributed by atoms with Crippen molar-refractivity contribution in [1.29, 1.82) is 0 Å². The molecule has 0 aliphatic carbocycles. The van der Waals surface area contributed by atoms with Crippen molar-refractivity contribution in [2.45, 2.75) is 19.3 Å². The quantitative estimate of drug-likeness (QED) is 0.524. The van der Waals surface area contributed by atoms with E-state index in [0.29, 0.717) is 23.8 Å². The fourth-order valence-corrected chi connectivity index (χ4v) is 3.59. The molecule has 2 heterocycles. The van der Waals surface area contributed by atoms with E-state index in [4.69, 9.17) is 26.0 Å². The van der Waals surface area contributed by atoms with Crippen LogP contribution in [0.25, 0.3) is 16.8 Å². The highest BCUT2D eigenvalue weighted by Gasteiger charge is 2.15. The molecule has 1 N–H and O–H groups in total. The van der Waals surface area contributed by atoms with E-state index in [9.17, 15) is 8.42 Å². The minimum absolute atomic E-state index is 0.650. The number of hydrogen-bond acceptors (Lipinski definition) is 5. The highest BCUT2D eigenvalue weighted by atomic mass is 35.5. The molecule has 7 nitrogen and oxygen atoms in total. The van der Waals surface area contributed by atoms with Crippen molar-refractivity contribution in [2.24, 2.45) is 0 Å². The highest BCUT2D eigenvalue weighted by Crippen LogP contribution is 2.30. The van der Waals surface area contributed by atoms with Crippen LogP contribution in [-0.2, 0) is 10.1 Å². The lowest BCUT2D eigenvalue weighted by Crippen LogP contribution is -2.33. The predicted octanol–water partition coefficient (Wildman–Crippen LogP) is 4.56. The summed E-state index contributed by atoms with van der Waals surface area (Å²) < 4.78 is 33.8. The molecule has 2 aromatic carbocycles. The molecule has 0 spiro atoms. The van der Waals surface area contributed by atoms with Crippen LogP contribution >= 0.6 is 11.6 Å². The number of aromatic nitrogens is 2. The monoisotopic (exact) mass is 477 g/mol. The molecule has 9 heteroatoms. The van der Waals surface area contributed by atoms with Gasteiger partial charge in [-0.25, -0.2) is 4.68 Å². The first-order valence-electron chi connectivity index (χ1n) is 10.5. The van der Waals surface area contributed by atoms with E-state index >= 15 is 0 Å². The van der Waals surface area contributed by atoms with Crippen molar-refractivity contribution in [3.05, 3.63) is 65.8 Å². The molecule has 0 saturated carbocycles. The van der Waals surface area contributed by atoms with Gasteiger partial charge >= 0.3 is 0 Å². The van der Waals surface area contributed by atoms with Crippen LogP contribution in [-0.4, -0.2) is 60.1 Å². The fourth-order valence-electron chi connectivity index (χ4n) is 3.46. The Morgan fingerprint density at radius 2 is 1.66 bits per heavy atom. The van der Waals surface area contributed by atoms with Gasteiger partial charge in [0.15, 0.2) is 0 Å². The molecule has 0 atom stereocenters. The molecule has 0 amide bonds. The molecule has 172 valence electrons. The van der Waals surface area contributed by atoms with Crippen molar-refractivity contribution < 1.29 is 17.7 Å². The summed E-state index contributed by atoms with van der Waals surface area (Å²) >= 11 is 6.01. The van der Waals surface area contributed by atoms with E-state index in [2.05, 4.69) is 17.0 Å². The van der Waals surface area contributed by atoms with E-state index < -0.39 is 10.1 Å². The second-order valence-corrected chi connectivity index (χ2v) is 9.52. The van der Waals surface area contributed by atoms with E-state index in [1.165, 1.54) is 32.4 Å². The van der Waals surface area contributed by atoms with Gasteiger partial charge in [-0.15, -0.1) is 5.10 Å². The minimum atomic E-state index is -3.67. The summed E-state index contributed by atoms with van der Waals surface area (Å²) in [7, 11) is -3.67. The number of hydrogen-bond donors (Lipinski definition) is 1. The van der Waals surface area contributed by atoms with Gasteiger partial charge in [0.2, 0.25) is 5.88 Å². The summed E-state index contributed by atoms with van der Waals surface area (Å²) in [6.07, 6.45) is 6.67. The lowest BCUT2D eigenvalue weighted by molar-refractivity contribution is 0.180. The number of piperidine rings is 1. The lowest BCUT2D eigenvalue weighted by Gasteiger charge is -2.26. The summed E-state index contributed by atoms with van der Waals surface area (Å²) in [5.74, 6) is 0.674. The maximum absolute atomic E-state index is 9.19. The summed E-state index contributed by atoms with van der Waals surface area (Å²) in [4.78, 5) is 2.47. The van der Waals surface area contributed by atoms with Gasteiger partial charge in [-0.2, -0.15) is 8.42 Å². The van der Waals surface area contributed by atoms with Gasteiger partial charge in [0.25, 0.3) is 10.1 Å². The maximum Gasteiger partial charge on any atom is 0.261 e. The van der Waals surface area contributed by atoms with Crippen molar-refractivity contribution in [3.63, 3.8) is 0 Å². The zero-order valence-electron chi connectivity index (χ0n) is 18.0. The van der Waals surface area contributed by atoms with Gasteiger partial charge < -0.3 is 4.74 Å². The SMILES string of the molecule is CS(=O)(=O)O.Clc1ccc(-n2cc(-c3ccccc3)c(OCCN3CCCCC3)n2)cc1. The topological polar surface area (TPSA) is 84.7 Å². The molecule has 1 aliphatic heterocycles. The molecule has 1 saturated heterocycles. The van der Waals surface area contributed by atoms with Crippen LogP contribution in [0.3, 0.4) is 0 Å². The Bertz CT molecular complexity index is 1070. The van der Waals surface area contributed by atoms with E-state index in [1.54, 1.807) is 0 Å². The molecule has 0 bridgehead atoms. The van der Waals surface area contributed by atoms with Crippen LogP contribution < -0.4 is 4.74 Å². The van der Waals surface area contributed by atoms with Gasteiger partial charge in [-0.3, -0.25) is 9.45 Å². The number of ether oxygens (including phenoxy) is 1. The van der Waals surface area contributed by atoms with Crippen LogP contribution in [0, 0.1) is 0 Å². The molecular formula is C23H28ClN3O4S. The minimum Gasteiger partial charge on any atom is -0.475 e. The van der Waals surface area contributed by atoms with E-state index in [-0.39, 0.29) is 0 Å². The molecule has 32 heavy (non-hydrogen) atoms. The number of likely N-dealkylation sites (tertiary alicyclic amines) is 1. The molecule has 0 radical (unpaired) electrons. The Hall–Kier alpha value is -2.39. The third kappa shape index (κ3) is 7.94. The van der Waals surface area contributed by atoms with E-state index in [1.807, 2.05) is 53.3 Å². The highest BCUT2D eigenvalue weighted by molar-refractivity contribution is 7.85. The Balaban J connectivity index is 0.000000523. The van der Waals surface area contributed by atoms with Crippen molar-refractivity contribution in [3.8, 4) is 22.7 Å². The second-order valence-electron chi connectivity index (χ2n) is 7.62. The average Bonchev–Trinajstić information content (AvgIpc) is 3.19. The Morgan fingerprint density at radius 1 is 1.03 bits per heavy atom. The van der Waals surface area contributed by atoms with Crippen molar-refractivity contribution in [2.75, 3.05) is 32.5 Å². The average molecular weight is 478 g/mol. The van der Waals surface area contributed by atoms with Gasteiger partial charge in [0, 0.05) is 17.8 Å². The normalized spacial score (nSPS) is 14.5. The first kappa shape index (κ1) is 24.3. The first-order valence-corrected chi connectivity index (χ1v) is 12.7. The number of halogens is 1. The molecular weight excluding hydrogens is 450 g/mol. The molecule has 3 aromatic rings. The van der Waals surface area contributed by atoms with Crippen LogP contribution in [0.4, 0.5) is 0 Å². The van der Waals surface area contributed by atoms with Gasteiger partial charge in [-0.05, 0) is 55.8 Å². The second kappa shape index (κ2) is 11.5. The zero-order chi connectivity index (χ0) is 23.0. The maximum atomic E-state index is 9.19. The molecule has 1 aliphatic rings. The number of rotatable bonds is 6. The summed E-state index contributed by atoms with van der Waals surface area (Å²) in [5.41, 5.74) is 3.07. The summed E-state index contributed by atoms with van der Waals surface area (Å²) in [6, 6.07) is 17.9. The standard InChI is InChI=1S/C22H24ClN3O.CH4O3S/c23-19-9-11-20(12-10-19)26-17-21(18-7-3-1-4-8-18)22(24-26)27-16-15-25-13-5-2-6-14-25;1-5(2,3)4/h1,3-4,7-12,17H,2,5-6,13-16H2;1H3,(H,2,3,4). The lowest BCUT2D eigenvalue weighted by atomic mass is 10.1. The van der Waals surface area contributed by atoms with Crippen molar-refractivity contribution >= 4 is 21.7 Å². The van der Waals surface area contributed by atoms with Crippen LogP contribution in [0.1, 0.15) is 19.3 Å². The van der Waals surface area contributed by atoms with Gasteiger partial charge in [-0.1, -0.05) is 48.4 Å². The Kier molecular flexibility index (Phi) is 8.69. The Morgan fingerprint density at radius 3 is 2.28 bits per heavy atom. The van der Waals surface area contributed by atoms with Gasteiger partial charge in [0.1, 0.15) is 6.61 Å². The largest absolute Gasteiger partial charge is 0.475 e. The third-order valence-corrected chi connectivity index (χ3v) is 5.20. The molecule has 4 rings (SSSR count). The number of benzene rings is 2. The number of nitrogens with zero attached hydrogens (tertiary/aromatic N) is 3. The molecule has 1 aromatic heterocycles. The Labute approximate surface area is 194 Å². The molecule has 1 fully saturated rings. The third-order valence-electron chi connectivity index (χ3n) is 4.95. The predicted molar refractivity (Wildman–Crippen MR) is 127 cm³/mol. The van der Waals surface area contributed by atoms with Crippen LogP contribution in [0.2, 0.25) is 5.02 Å². The van der Waals surface area contributed by atoms with Gasteiger partial charge in [0.05, 0.1) is 17.5 Å². The molecule has 0 unspecified atom stereocenters. The van der Waals surface area contributed by atoms with Crippen LogP contribution in [0.5, 0.6) is 5.88 Å². The van der Waals surface area contributed by atoms with Crippen LogP contribution in [0.15, 0.2) is 60.8 Å². The fraction of sp³-hybridized carbons (Fsp3) is 0.348.